The maximum atomic E-state index is 13.4. The van der Waals surface area contributed by atoms with Crippen molar-refractivity contribution in [2.24, 2.45) is 0 Å². The lowest BCUT2D eigenvalue weighted by Gasteiger charge is -2.04. The summed E-state index contributed by atoms with van der Waals surface area (Å²) in [5.41, 5.74) is 0.708. The van der Waals surface area contributed by atoms with Gasteiger partial charge in [0.25, 0.3) is 0 Å². The molecule has 0 aromatic heterocycles. The van der Waals surface area contributed by atoms with E-state index >= 15 is 0 Å². The fraction of sp³-hybridized carbons (Fsp3) is 0. The second kappa shape index (κ2) is 4.23. The molecule has 0 saturated heterocycles. The fourth-order valence-electron chi connectivity index (χ4n) is 1.49. The highest BCUT2D eigenvalue weighted by Crippen LogP contribution is 2.23. The molecule has 2 aromatic rings. The third-order valence-electron chi connectivity index (χ3n) is 2.31. The van der Waals surface area contributed by atoms with E-state index < -0.39 is 11.6 Å². The van der Waals surface area contributed by atoms with Gasteiger partial charge in [-0.15, -0.1) is 0 Å². The average Bonchev–Trinajstić information content (AvgIpc) is 2.29. The van der Waals surface area contributed by atoms with Crippen LogP contribution in [0.15, 0.2) is 42.5 Å². The van der Waals surface area contributed by atoms with E-state index in [0.717, 1.165) is 6.07 Å². The van der Waals surface area contributed by atoms with Crippen molar-refractivity contribution in [1.29, 1.82) is 0 Å². The summed E-state index contributed by atoms with van der Waals surface area (Å²) in [6.45, 7) is 0. The Hall–Kier alpha value is -2.03. The Labute approximate surface area is 91.3 Å². The molecule has 0 spiro atoms. The lowest BCUT2D eigenvalue weighted by atomic mass is 10.0. The largest absolute Gasteiger partial charge is 0.298 e. The Kier molecular flexibility index (Phi) is 2.77. The summed E-state index contributed by atoms with van der Waals surface area (Å²) in [4.78, 5) is 10.4. The van der Waals surface area contributed by atoms with E-state index in [1.807, 2.05) is 0 Å². The molecule has 0 saturated carbocycles. The molecule has 3 heteroatoms. The van der Waals surface area contributed by atoms with Crippen molar-refractivity contribution in [3.8, 4) is 11.1 Å². The van der Waals surface area contributed by atoms with Gasteiger partial charge in [0.2, 0.25) is 0 Å². The second-order valence-corrected chi connectivity index (χ2v) is 3.33. The summed E-state index contributed by atoms with van der Waals surface area (Å²) < 4.78 is 26.7. The Bertz CT molecular complexity index is 535. The average molecular weight is 218 g/mol. The topological polar surface area (TPSA) is 17.1 Å². The van der Waals surface area contributed by atoms with Gasteiger partial charge in [-0.25, -0.2) is 8.78 Å². The quantitative estimate of drug-likeness (QED) is 0.705. The van der Waals surface area contributed by atoms with E-state index in [9.17, 15) is 13.6 Å². The molecular weight excluding hydrogens is 210 g/mol. The van der Waals surface area contributed by atoms with Gasteiger partial charge < -0.3 is 0 Å². The first-order chi connectivity index (χ1) is 7.72. The molecule has 0 bridgehead atoms. The van der Waals surface area contributed by atoms with E-state index in [0.29, 0.717) is 17.4 Å². The van der Waals surface area contributed by atoms with E-state index in [-0.39, 0.29) is 5.56 Å². The zero-order valence-corrected chi connectivity index (χ0v) is 8.28. The normalized spacial score (nSPS) is 10.1. The number of halogens is 2. The predicted molar refractivity (Wildman–Crippen MR) is 57.2 cm³/mol. The first-order valence-electron chi connectivity index (χ1n) is 4.72. The van der Waals surface area contributed by atoms with Crippen molar-refractivity contribution in [3.63, 3.8) is 0 Å². The van der Waals surface area contributed by atoms with Gasteiger partial charge in [0, 0.05) is 5.56 Å². The number of rotatable bonds is 2. The van der Waals surface area contributed by atoms with Crippen LogP contribution in [-0.4, -0.2) is 6.29 Å². The molecule has 2 aromatic carbocycles. The third-order valence-corrected chi connectivity index (χ3v) is 2.31. The molecule has 0 aliphatic heterocycles. The minimum absolute atomic E-state index is 0.0277. The second-order valence-electron chi connectivity index (χ2n) is 3.33. The molecule has 0 unspecified atom stereocenters. The van der Waals surface area contributed by atoms with Crippen LogP contribution in [0.1, 0.15) is 10.4 Å². The highest BCUT2D eigenvalue weighted by Gasteiger charge is 2.07. The van der Waals surface area contributed by atoms with Crippen LogP contribution in [0.5, 0.6) is 0 Å². The van der Waals surface area contributed by atoms with Gasteiger partial charge >= 0.3 is 0 Å². The van der Waals surface area contributed by atoms with Crippen LogP contribution in [-0.2, 0) is 0 Å². The van der Waals surface area contributed by atoms with Gasteiger partial charge in [-0.3, -0.25) is 4.79 Å². The number of hydrogen-bond donors (Lipinski definition) is 0. The SMILES string of the molecule is O=Cc1ccc(-c2ccccc2F)cc1F. The zero-order valence-electron chi connectivity index (χ0n) is 8.28. The van der Waals surface area contributed by atoms with E-state index in [1.165, 1.54) is 18.2 Å². The molecule has 0 atom stereocenters. The fourth-order valence-corrected chi connectivity index (χ4v) is 1.49. The van der Waals surface area contributed by atoms with Crippen LogP contribution >= 0.6 is 0 Å². The Morgan fingerprint density at radius 2 is 1.69 bits per heavy atom. The highest BCUT2D eigenvalue weighted by atomic mass is 19.1. The lowest BCUT2D eigenvalue weighted by molar-refractivity contribution is 0.112. The molecule has 0 aliphatic carbocycles. The maximum absolute atomic E-state index is 13.4. The smallest absolute Gasteiger partial charge is 0.152 e. The number of hydrogen-bond acceptors (Lipinski definition) is 1. The van der Waals surface area contributed by atoms with E-state index in [1.54, 1.807) is 18.2 Å². The van der Waals surface area contributed by atoms with Crippen LogP contribution in [0.2, 0.25) is 0 Å². The number of carbonyl (C=O) groups excluding carboxylic acids is 1. The van der Waals surface area contributed by atoms with Crippen LogP contribution < -0.4 is 0 Å². The van der Waals surface area contributed by atoms with Crippen molar-refractivity contribution < 1.29 is 13.6 Å². The lowest BCUT2D eigenvalue weighted by Crippen LogP contribution is -1.90. The number of aldehydes is 1. The predicted octanol–water partition coefficient (Wildman–Crippen LogP) is 3.44. The van der Waals surface area contributed by atoms with Crippen LogP contribution in [0.25, 0.3) is 11.1 Å². The van der Waals surface area contributed by atoms with Gasteiger partial charge in [0.1, 0.15) is 11.6 Å². The first kappa shape index (κ1) is 10.5. The highest BCUT2D eigenvalue weighted by molar-refractivity contribution is 5.77. The standard InChI is InChI=1S/C13H8F2O/c14-12-4-2-1-3-11(12)9-5-6-10(8-16)13(15)7-9/h1-8H. The summed E-state index contributed by atoms with van der Waals surface area (Å²) in [5.74, 6) is -1.06. The van der Waals surface area contributed by atoms with Crippen LogP contribution in [0.3, 0.4) is 0 Å². The Morgan fingerprint density at radius 3 is 2.31 bits per heavy atom. The summed E-state index contributed by atoms with van der Waals surface area (Å²) >= 11 is 0. The van der Waals surface area contributed by atoms with Gasteiger partial charge in [-0.05, 0) is 23.8 Å². The molecule has 0 radical (unpaired) electrons. The minimum atomic E-state index is -0.643. The third kappa shape index (κ3) is 1.84. The molecule has 0 fully saturated rings. The Balaban J connectivity index is 2.54. The monoisotopic (exact) mass is 218 g/mol. The van der Waals surface area contributed by atoms with E-state index in [2.05, 4.69) is 0 Å². The number of carbonyl (C=O) groups is 1. The summed E-state index contributed by atoms with van der Waals surface area (Å²) in [6.07, 6.45) is 0.431. The molecule has 0 heterocycles. The van der Waals surface area contributed by atoms with Crippen molar-refractivity contribution in [2.45, 2.75) is 0 Å². The van der Waals surface area contributed by atoms with Gasteiger partial charge in [0.15, 0.2) is 6.29 Å². The molecule has 2 rings (SSSR count). The zero-order chi connectivity index (χ0) is 11.5. The molecule has 0 N–H and O–H groups in total. The maximum Gasteiger partial charge on any atom is 0.152 e. The Morgan fingerprint density at radius 1 is 0.938 bits per heavy atom. The van der Waals surface area contributed by atoms with E-state index in [4.69, 9.17) is 0 Å². The number of benzene rings is 2. The summed E-state index contributed by atoms with van der Waals surface area (Å²) in [6, 6.07) is 10.1. The first-order valence-corrected chi connectivity index (χ1v) is 4.72. The van der Waals surface area contributed by atoms with Crippen molar-refractivity contribution in [1.82, 2.24) is 0 Å². The van der Waals surface area contributed by atoms with Gasteiger partial charge in [-0.1, -0.05) is 24.3 Å². The van der Waals surface area contributed by atoms with Crippen molar-refractivity contribution in [3.05, 3.63) is 59.7 Å². The minimum Gasteiger partial charge on any atom is -0.298 e. The summed E-state index contributed by atoms with van der Waals surface area (Å²) in [7, 11) is 0. The molecule has 1 nitrogen and oxygen atoms in total. The van der Waals surface area contributed by atoms with Crippen molar-refractivity contribution >= 4 is 6.29 Å². The van der Waals surface area contributed by atoms with Crippen LogP contribution in [0.4, 0.5) is 8.78 Å². The van der Waals surface area contributed by atoms with Crippen molar-refractivity contribution in [2.75, 3.05) is 0 Å². The van der Waals surface area contributed by atoms with Gasteiger partial charge in [-0.2, -0.15) is 0 Å². The molecule has 0 amide bonds. The molecule has 16 heavy (non-hydrogen) atoms. The van der Waals surface area contributed by atoms with Crippen LogP contribution in [0, 0.1) is 11.6 Å². The summed E-state index contributed by atoms with van der Waals surface area (Å²) in [5, 5.41) is 0. The molecule has 0 aliphatic rings. The van der Waals surface area contributed by atoms with Gasteiger partial charge in [0.05, 0.1) is 5.56 Å². The molecule has 80 valence electrons. The molecular formula is C13H8F2O.